The van der Waals surface area contributed by atoms with E-state index in [1.165, 1.54) is 28.8 Å². The van der Waals surface area contributed by atoms with E-state index in [1.807, 2.05) is 55.7 Å². The molecule has 0 fully saturated rings. The van der Waals surface area contributed by atoms with E-state index in [-0.39, 0.29) is 73.5 Å². The number of nitrogens with one attached hydrogen (secondary N) is 3. The molecule has 0 saturated carbocycles. The molecule has 1 aliphatic rings. The number of halogens is 2. The summed E-state index contributed by atoms with van der Waals surface area (Å²) in [4.78, 5) is 76.1. The summed E-state index contributed by atoms with van der Waals surface area (Å²) in [5, 5.41) is 17.2. The molecule has 354 valence electrons. The molecule has 1 aromatic heterocycles. The third-order valence-corrected chi connectivity index (χ3v) is 11.3. The van der Waals surface area contributed by atoms with Crippen molar-refractivity contribution in [1.29, 1.82) is 0 Å². The first kappa shape index (κ1) is 52.0. The summed E-state index contributed by atoms with van der Waals surface area (Å²) in [6, 6.07) is 14.2. The van der Waals surface area contributed by atoms with Crippen LogP contribution in [0.4, 0.5) is 13.6 Å². The predicted molar refractivity (Wildman–Crippen MR) is 244 cm³/mol. The number of nitrogens with zero attached hydrogens (tertiary/aromatic N) is 3. The van der Waals surface area contributed by atoms with E-state index >= 15 is 4.39 Å². The quantitative estimate of drug-likeness (QED) is 0.0480. The molecule has 1 atom stereocenters. The van der Waals surface area contributed by atoms with Crippen LogP contribution in [-0.2, 0) is 40.0 Å². The highest BCUT2D eigenvalue weighted by Crippen LogP contribution is 2.41. The van der Waals surface area contributed by atoms with Crippen molar-refractivity contribution in [2.75, 3.05) is 70.7 Å². The summed E-state index contributed by atoms with van der Waals surface area (Å²) < 4.78 is 42.5. The molecule has 0 aliphatic carbocycles. The normalized spacial score (nSPS) is 13.0. The minimum atomic E-state index is -1.17. The van der Waals surface area contributed by atoms with Crippen molar-refractivity contribution in [1.82, 2.24) is 30.3 Å². The molecule has 0 radical (unpaired) electrons. The van der Waals surface area contributed by atoms with Crippen LogP contribution < -0.4 is 16.0 Å². The molecule has 2 aromatic carbocycles. The number of carbonyl (C=O) groups is 6. The minimum Gasteiger partial charge on any atom is -0.465 e. The lowest BCUT2D eigenvalue weighted by molar-refractivity contribution is -0.137. The van der Waals surface area contributed by atoms with Gasteiger partial charge in [-0.3, -0.25) is 28.9 Å². The summed E-state index contributed by atoms with van der Waals surface area (Å²) in [6.07, 6.45) is 5.95. The van der Waals surface area contributed by atoms with Crippen LogP contribution in [0.15, 0.2) is 72.9 Å². The number of ether oxygens (including phenoxy) is 2. The van der Waals surface area contributed by atoms with E-state index in [1.54, 1.807) is 17.2 Å². The number of aromatic nitrogens is 1. The lowest BCUT2D eigenvalue weighted by atomic mass is 9.83. The van der Waals surface area contributed by atoms with Crippen molar-refractivity contribution in [3.63, 3.8) is 0 Å². The fraction of sp³-hybridized carbons (Fsp3) is 0.489. The molecule has 4 rings (SSSR count). The summed E-state index contributed by atoms with van der Waals surface area (Å²) in [5.41, 5.74) is 1.64. The Balaban J connectivity index is 1.20. The van der Waals surface area contributed by atoms with E-state index in [0.717, 1.165) is 30.2 Å². The Morgan fingerprint density at radius 2 is 1.46 bits per heavy atom. The second-order valence-corrected chi connectivity index (χ2v) is 17.6. The number of amides is 6. The summed E-state index contributed by atoms with van der Waals surface area (Å²) in [5.74, 6) is -1.87. The van der Waals surface area contributed by atoms with E-state index in [9.17, 15) is 38.3 Å². The first-order chi connectivity index (χ1) is 31.1. The maximum atomic E-state index is 15.1. The number of benzene rings is 2. The van der Waals surface area contributed by atoms with Gasteiger partial charge in [0, 0.05) is 93.0 Å². The molecule has 0 saturated heterocycles. The van der Waals surface area contributed by atoms with Gasteiger partial charge < -0.3 is 40.0 Å². The van der Waals surface area contributed by atoms with Crippen LogP contribution in [0.3, 0.4) is 0 Å². The van der Waals surface area contributed by atoms with Crippen molar-refractivity contribution < 1.29 is 52.1 Å². The third-order valence-electron chi connectivity index (χ3n) is 10.3. The monoisotopic (exact) mass is 924 g/mol. The highest BCUT2D eigenvalue weighted by molar-refractivity contribution is 7.99. The van der Waals surface area contributed by atoms with Crippen molar-refractivity contribution in [3.05, 3.63) is 95.8 Å². The fourth-order valence-corrected chi connectivity index (χ4v) is 8.08. The van der Waals surface area contributed by atoms with Crippen LogP contribution >= 0.6 is 11.8 Å². The van der Waals surface area contributed by atoms with E-state index < -0.39 is 29.2 Å². The van der Waals surface area contributed by atoms with E-state index in [2.05, 4.69) is 16.0 Å². The third kappa shape index (κ3) is 18.1. The molecule has 4 N–H and O–H groups in total. The summed E-state index contributed by atoms with van der Waals surface area (Å²) in [7, 11) is 0. The van der Waals surface area contributed by atoms with Crippen LogP contribution in [0.25, 0.3) is 11.1 Å². The Hall–Kier alpha value is -5.59. The maximum absolute atomic E-state index is 15.1. The fourth-order valence-electron chi connectivity index (χ4n) is 7.27. The number of hydrogen-bond donors (Lipinski definition) is 4. The molecule has 18 heteroatoms. The molecule has 15 nitrogen and oxygen atoms in total. The minimum absolute atomic E-state index is 0.0507. The second kappa shape index (κ2) is 27.0. The summed E-state index contributed by atoms with van der Waals surface area (Å²) in [6.45, 7) is 8.88. The van der Waals surface area contributed by atoms with Gasteiger partial charge in [-0.05, 0) is 54.5 Å². The SMILES string of the molecule is CC(C)(C)[C@H](c1cc(-c2cc(F)ccc2F)cn1Cc1ccccc1)N(CCCNC(=O)O)C(=O)CSCCC(=O)NCCOCCOCCNC(=O)CCCCCN1C(=O)C=CC1=O. The topological polar surface area (TPSA) is 189 Å². The van der Waals surface area contributed by atoms with E-state index in [0.29, 0.717) is 82.1 Å². The Labute approximate surface area is 383 Å². The number of thioether (sulfide) groups is 1. The first-order valence-electron chi connectivity index (χ1n) is 21.9. The number of imide groups is 1. The zero-order valence-corrected chi connectivity index (χ0v) is 38.3. The van der Waals surface area contributed by atoms with Gasteiger partial charge in [0.25, 0.3) is 11.8 Å². The van der Waals surface area contributed by atoms with Crippen molar-refractivity contribution >= 4 is 47.4 Å². The van der Waals surface area contributed by atoms with Gasteiger partial charge in [0.15, 0.2) is 0 Å². The molecule has 0 bridgehead atoms. The average Bonchev–Trinajstić information content (AvgIpc) is 3.81. The number of rotatable bonds is 29. The van der Waals surface area contributed by atoms with Crippen LogP contribution in [0.2, 0.25) is 0 Å². The van der Waals surface area contributed by atoms with Gasteiger partial charge >= 0.3 is 6.09 Å². The van der Waals surface area contributed by atoms with Crippen LogP contribution in [0.1, 0.15) is 76.6 Å². The summed E-state index contributed by atoms with van der Waals surface area (Å²) >= 11 is 1.31. The lowest BCUT2D eigenvalue weighted by Crippen LogP contribution is -2.44. The number of unbranched alkanes of at least 4 members (excludes halogenated alkanes) is 2. The molecular formula is C47H62F2N6O9S. The second-order valence-electron chi connectivity index (χ2n) is 16.5. The van der Waals surface area contributed by atoms with Crippen LogP contribution in [0.5, 0.6) is 0 Å². The molecule has 3 aromatic rings. The highest BCUT2D eigenvalue weighted by Gasteiger charge is 2.37. The maximum Gasteiger partial charge on any atom is 0.404 e. The van der Waals surface area contributed by atoms with Crippen LogP contribution in [-0.4, -0.2) is 126 Å². The van der Waals surface area contributed by atoms with Gasteiger partial charge in [-0.25, -0.2) is 13.6 Å². The molecule has 1 aliphatic heterocycles. The van der Waals surface area contributed by atoms with Gasteiger partial charge in [-0.15, -0.1) is 0 Å². The van der Waals surface area contributed by atoms with Gasteiger partial charge in [0.05, 0.1) is 38.2 Å². The number of carboxylic acid groups (broad SMARTS) is 1. The highest BCUT2D eigenvalue weighted by atomic mass is 32.2. The van der Waals surface area contributed by atoms with Gasteiger partial charge in [-0.1, -0.05) is 57.5 Å². The predicted octanol–water partition coefficient (Wildman–Crippen LogP) is 5.93. The Morgan fingerprint density at radius 3 is 2.11 bits per heavy atom. The molecule has 0 spiro atoms. The van der Waals surface area contributed by atoms with Gasteiger partial charge in [0.1, 0.15) is 11.6 Å². The molecule has 65 heavy (non-hydrogen) atoms. The Kier molecular flexibility index (Phi) is 21.6. The van der Waals surface area contributed by atoms with Crippen LogP contribution in [0, 0.1) is 17.0 Å². The number of carbonyl (C=O) groups excluding carboxylic acids is 5. The zero-order valence-electron chi connectivity index (χ0n) is 37.5. The number of hydrogen-bond acceptors (Lipinski definition) is 9. The molecular weight excluding hydrogens is 863 g/mol. The Morgan fingerprint density at radius 1 is 0.800 bits per heavy atom. The standard InChI is InChI=1S/C47H62F2N6O9S/c1-47(2,3)45(39-29-35(37-30-36(48)14-15-38(37)49)32-53(39)31-34-11-6-4-7-12-34)55(23-10-19-52-46(61)62)44(60)33-65-28-18-41(57)51-21-25-64-27-26-63-24-20-50-40(56)13-8-5-9-22-54-42(58)16-17-43(54)59/h4,6-7,11-12,14-17,29-30,32,45,52H,5,8-10,13,18-28,31,33H2,1-3H3,(H,50,56)(H,51,57)(H,61,62)/t45-/m0/s1. The smallest absolute Gasteiger partial charge is 0.404 e. The zero-order chi connectivity index (χ0) is 47.2. The lowest BCUT2D eigenvalue weighted by Gasteiger charge is -2.41. The van der Waals surface area contributed by atoms with E-state index in [4.69, 9.17) is 9.47 Å². The Bertz CT molecular complexity index is 2060. The van der Waals surface area contributed by atoms with Crippen molar-refractivity contribution in [2.24, 2.45) is 5.41 Å². The largest absolute Gasteiger partial charge is 0.465 e. The van der Waals surface area contributed by atoms with Crippen molar-refractivity contribution in [2.45, 2.75) is 71.9 Å². The molecule has 6 amide bonds. The molecule has 0 unspecified atom stereocenters. The van der Waals surface area contributed by atoms with Gasteiger partial charge in [-0.2, -0.15) is 11.8 Å². The first-order valence-corrected chi connectivity index (χ1v) is 23.1. The average molecular weight is 925 g/mol. The van der Waals surface area contributed by atoms with Gasteiger partial charge in [0.2, 0.25) is 17.7 Å². The molecule has 2 heterocycles. The van der Waals surface area contributed by atoms with Crippen molar-refractivity contribution in [3.8, 4) is 11.1 Å².